The van der Waals surface area contributed by atoms with Crippen molar-refractivity contribution in [3.63, 3.8) is 0 Å². The number of carboxylic acid groups (broad SMARTS) is 1. The number of carboxylic acids is 1. The first-order valence-corrected chi connectivity index (χ1v) is 15.3. The molecule has 6 rings (SSSR count). The van der Waals surface area contributed by atoms with Gasteiger partial charge < -0.3 is 20.3 Å². The zero-order valence-corrected chi connectivity index (χ0v) is 24.4. The van der Waals surface area contributed by atoms with Crippen LogP contribution < -0.4 is 10.1 Å². The number of ether oxygens (including phenoxy) is 1. The lowest BCUT2D eigenvalue weighted by Crippen LogP contribution is -2.53. The van der Waals surface area contributed by atoms with Gasteiger partial charge in [-0.25, -0.2) is 4.79 Å². The van der Waals surface area contributed by atoms with E-state index in [1.54, 1.807) is 18.3 Å². The van der Waals surface area contributed by atoms with E-state index in [-0.39, 0.29) is 5.41 Å². The highest BCUT2D eigenvalue weighted by Crippen LogP contribution is 2.56. The monoisotopic (exact) mass is 574 g/mol. The Labute approximate surface area is 247 Å². The normalized spacial score (nSPS) is 27.6. The van der Waals surface area contributed by atoms with Gasteiger partial charge in [0.05, 0.1) is 18.4 Å². The van der Waals surface area contributed by atoms with E-state index < -0.39 is 17.6 Å². The molecule has 41 heavy (non-hydrogen) atoms. The first kappa shape index (κ1) is 28.0. The van der Waals surface area contributed by atoms with Crippen LogP contribution in [0.4, 0.5) is 5.69 Å². The van der Waals surface area contributed by atoms with Gasteiger partial charge in [-0.05, 0) is 110 Å². The summed E-state index contributed by atoms with van der Waals surface area (Å²) in [5.74, 6) is 0.785. The van der Waals surface area contributed by atoms with Crippen LogP contribution in [0.3, 0.4) is 0 Å². The lowest BCUT2D eigenvalue weighted by Gasteiger charge is -2.47. The Bertz CT molecular complexity index is 1420. The molecule has 1 spiro atoms. The van der Waals surface area contributed by atoms with Gasteiger partial charge in [0, 0.05) is 22.5 Å². The number of nitrogens with one attached hydrogen (secondary N) is 1. The van der Waals surface area contributed by atoms with Crippen LogP contribution in [0, 0.1) is 11.8 Å². The second-order valence-electron chi connectivity index (χ2n) is 12.5. The van der Waals surface area contributed by atoms with E-state index in [2.05, 4.69) is 41.5 Å². The summed E-state index contributed by atoms with van der Waals surface area (Å²) < 4.78 is 6.37. The maximum atomic E-state index is 12.7. The predicted molar refractivity (Wildman–Crippen MR) is 161 cm³/mol. The molecule has 7 heteroatoms. The molecule has 216 valence electrons. The molecule has 1 saturated carbocycles. The zero-order valence-electron chi connectivity index (χ0n) is 23.6. The molecule has 2 aromatic carbocycles. The number of carbonyl (C=O) groups is 1. The molecule has 0 radical (unpaired) electrons. The van der Waals surface area contributed by atoms with Crippen molar-refractivity contribution < 1.29 is 19.7 Å². The van der Waals surface area contributed by atoms with Crippen LogP contribution in [-0.2, 0) is 23.1 Å². The number of fused-ring (bicyclic) bond motifs is 3. The maximum absolute atomic E-state index is 12.7. The van der Waals surface area contributed by atoms with Gasteiger partial charge in [0.25, 0.3) is 0 Å². The predicted octanol–water partition coefficient (Wildman–Crippen LogP) is 7.13. The zero-order chi connectivity index (χ0) is 28.6. The highest BCUT2D eigenvalue weighted by molar-refractivity contribution is 6.30. The van der Waals surface area contributed by atoms with E-state index >= 15 is 0 Å². The van der Waals surface area contributed by atoms with Crippen molar-refractivity contribution in [2.24, 2.45) is 11.8 Å². The van der Waals surface area contributed by atoms with Gasteiger partial charge >= 0.3 is 5.97 Å². The number of nitrogens with zero attached hydrogens (tertiary/aromatic N) is 1. The molecule has 1 fully saturated rings. The maximum Gasteiger partial charge on any atom is 0.329 e. The van der Waals surface area contributed by atoms with Crippen molar-refractivity contribution in [3.05, 3.63) is 88.2 Å². The van der Waals surface area contributed by atoms with Crippen molar-refractivity contribution in [3.8, 4) is 5.75 Å². The Morgan fingerprint density at radius 1 is 1.15 bits per heavy atom. The van der Waals surface area contributed by atoms with Gasteiger partial charge in [0.2, 0.25) is 0 Å². The van der Waals surface area contributed by atoms with Gasteiger partial charge in [-0.15, -0.1) is 0 Å². The minimum absolute atomic E-state index is 0.0419. The molecule has 3 atom stereocenters. The quantitative estimate of drug-likeness (QED) is 0.265. The molecular weight excluding hydrogens is 536 g/mol. The number of aromatic nitrogens is 1. The number of pyridine rings is 1. The molecule has 0 aliphatic heterocycles. The first-order chi connectivity index (χ1) is 19.8. The number of anilines is 1. The number of hydrogen-bond acceptors (Lipinski definition) is 5. The van der Waals surface area contributed by atoms with Crippen molar-refractivity contribution >= 4 is 23.3 Å². The average molecular weight is 575 g/mol. The lowest BCUT2D eigenvalue weighted by atomic mass is 9.59. The van der Waals surface area contributed by atoms with Crippen LogP contribution in [0.2, 0.25) is 5.02 Å². The molecule has 0 amide bonds. The molecule has 6 nitrogen and oxygen atoms in total. The minimum Gasteiger partial charge on any atom is -0.493 e. The van der Waals surface area contributed by atoms with Crippen molar-refractivity contribution in [1.82, 2.24) is 4.98 Å². The number of aliphatic hydroxyl groups excluding tert-OH is 1. The van der Waals surface area contributed by atoms with Crippen LogP contribution >= 0.6 is 11.6 Å². The molecule has 3 aromatic rings. The highest BCUT2D eigenvalue weighted by atomic mass is 35.5. The molecule has 1 heterocycles. The molecule has 0 unspecified atom stereocenters. The topological polar surface area (TPSA) is 91.7 Å². The first-order valence-electron chi connectivity index (χ1n) is 14.9. The third-order valence-electron chi connectivity index (χ3n) is 9.89. The Morgan fingerprint density at radius 2 is 1.95 bits per heavy atom. The molecule has 1 aromatic heterocycles. The van der Waals surface area contributed by atoms with Crippen molar-refractivity contribution in [2.45, 2.75) is 81.8 Å². The summed E-state index contributed by atoms with van der Waals surface area (Å²) in [6.45, 7) is 2.86. The van der Waals surface area contributed by atoms with E-state index in [9.17, 15) is 15.0 Å². The second kappa shape index (κ2) is 11.3. The van der Waals surface area contributed by atoms with Crippen LogP contribution in [0.15, 0.2) is 60.8 Å². The number of benzene rings is 2. The van der Waals surface area contributed by atoms with E-state index in [1.807, 2.05) is 18.2 Å². The number of aliphatic carboxylic acids is 1. The summed E-state index contributed by atoms with van der Waals surface area (Å²) in [5, 5.41) is 24.7. The van der Waals surface area contributed by atoms with Crippen LogP contribution in [0.1, 0.15) is 80.4 Å². The van der Waals surface area contributed by atoms with Crippen molar-refractivity contribution in [1.29, 1.82) is 0 Å². The highest BCUT2D eigenvalue weighted by Gasteiger charge is 2.54. The molecule has 3 N–H and O–H groups in total. The summed E-state index contributed by atoms with van der Waals surface area (Å²) in [6, 6.07) is 18.0. The summed E-state index contributed by atoms with van der Waals surface area (Å²) in [6.07, 6.45) is 8.58. The third kappa shape index (κ3) is 5.32. The number of aliphatic hydroxyl groups is 1. The SMILES string of the molecule is C[C@@H](COc1ccnc2c1CCC[C@@H]2O)C[C@H]1Cc2ccccc2C12CCC(Nc1cccc(Cl)c1)(C(=O)O)CC2. The van der Waals surface area contributed by atoms with E-state index in [1.165, 1.54) is 11.1 Å². The van der Waals surface area contributed by atoms with Gasteiger partial charge in [0.1, 0.15) is 11.3 Å². The summed E-state index contributed by atoms with van der Waals surface area (Å²) >= 11 is 6.20. The van der Waals surface area contributed by atoms with Crippen LogP contribution in [0.5, 0.6) is 5.75 Å². The number of hydrogen-bond donors (Lipinski definition) is 3. The van der Waals surface area contributed by atoms with Gasteiger partial charge in [-0.1, -0.05) is 48.9 Å². The van der Waals surface area contributed by atoms with Crippen LogP contribution in [0.25, 0.3) is 0 Å². The summed E-state index contributed by atoms with van der Waals surface area (Å²) in [5.41, 5.74) is 4.30. The Balaban J connectivity index is 1.19. The average Bonchev–Trinajstić information content (AvgIpc) is 3.25. The summed E-state index contributed by atoms with van der Waals surface area (Å²) in [7, 11) is 0. The lowest BCUT2D eigenvalue weighted by molar-refractivity contribution is -0.144. The molecular formula is C34H39ClN2O4. The van der Waals surface area contributed by atoms with E-state index in [4.69, 9.17) is 16.3 Å². The van der Waals surface area contributed by atoms with Gasteiger partial charge in [-0.3, -0.25) is 4.98 Å². The number of rotatable bonds is 8. The van der Waals surface area contributed by atoms with Crippen LogP contribution in [-0.4, -0.2) is 33.3 Å². The number of halogens is 1. The van der Waals surface area contributed by atoms with Gasteiger partial charge in [-0.2, -0.15) is 0 Å². The van der Waals surface area contributed by atoms with E-state index in [0.717, 1.165) is 67.6 Å². The second-order valence-corrected chi connectivity index (χ2v) is 12.9. The standard InChI is InChI=1S/C34H39ClN2O4/c1-22(21-41-30-12-17-36-31-27(30)9-5-11-29(31)38)18-24-19-23-6-2-3-10-28(23)33(24)13-15-34(16-14-33,32(39)40)37-26-8-4-7-25(35)20-26/h2-4,6-8,10,12,17,20,22,24,29,37-38H,5,9,11,13-16,18-19,21H2,1H3,(H,39,40)/t22-,24+,29+,33?,34?/m1/s1. The van der Waals surface area contributed by atoms with Gasteiger partial charge in [0.15, 0.2) is 0 Å². The molecule has 3 aliphatic carbocycles. The molecule has 0 saturated heterocycles. The fourth-order valence-corrected chi connectivity index (χ4v) is 7.96. The summed E-state index contributed by atoms with van der Waals surface area (Å²) in [4.78, 5) is 17.1. The third-order valence-corrected chi connectivity index (χ3v) is 10.1. The molecule has 3 aliphatic rings. The Morgan fingerprint density at radius 3 is 2.73 bits per heavy atom. The fourth-order valence-electron chi connectivity index (χ4n) is 7.77. The van der Waals surface area contributed by atoms with E-state index in [0.29, 0.717) is 36.3 Å². The smallest absolute Gasteiger partial charge is 0.329 e. The Kier molecular flexibility index (Phi) is 7.73. The minimum atomic E-state index is -1.02. The Hall–Kier alpha value is -3.09. The molecule has 0 bridgehead atoms. The largest absolute Gasteiger partial charge is 0.493 e. The van der Waals surface area contributed by atoms with Crippen molar-refractivity contribution in [2.75, 3.05) is 11.9 Å². The fraction of sp³-hybridized carbons (Fsp3) is 0.471.